The van der Waals surface area contributed by atoms with Gasteiger partial charge in [-0.1, -0.05) is 39.3 Å². The molecule has 0 spiro atoms. The van der Waals surface area contributed by atoms with Gasteiger partial charge in [-0.25, -0.2) is 0 Å². The maximum absolute atomic E-state index is 3.74. The molecule has 0 radical (unpaired) electrons. The largest absolute Gasteiger partial charge is 1.00 e. The minimum atomic E-state index is -0.981. The van der Waals surface area contributed by atoms with Crippen LogP contribution in [0.5, 0.6) is 0 Å². The first-order chi connectivity index (χ1) is 3.71. The first kappa shape index (κ1) is 17.9. The van der Waals surface area contributed by atoms with Crippen molar-refractivity contribution in [3.8, 4) is 0 Å². The number of hydrogen-bond donors (Lipinski definition) is 1. The molecule has 64 valence electrons. The van der Waals surface area contributed by atoms with Crippen molar-refractivity contribution in [3.63, 3.8) is 0 Å². The molecular weight excluding hydrogens is 163 g/mol. The summed E-state index contributed by atoms with van der Waals surface area (Å²) in [6.45, 7) is 14.1. The number of nitrogens with two attached hydrogens (primary N) is 1. The van der Waals surface area contributed by atoms with E-state index in [1.807, 2.05) is 0 Å². The van der Waals surface area contributed by atoms with E-state index in [2.05, 4.69) is 43.9 Å². The summed E-state index contributed by atoms with van der Waals surface area (Å²) in [4.78, 5) is 0. The molecule has 0 unspecified atom stereocenters. The fraction of sp³-hybridized carbons (Fsp3) is 1.00. The van der Waals surface area contributed by atoms with Gasteiger partial charge in [-0.2, -0.15) is 0 Å². The van der Waals surface area contributed by atoms with Gasteiger partial charge in [0.05, 0.1) is 0 Å². The van der Waals surface area contributed by atoms with Gasteiger partial charge in [0.2, 0.25) is 0 Å². The van der Waals surface area contributed by atoms with E-state index < -0.39 is 16.5 Å². The number of nitrogens with one attached hydrogen (secondary N) is 1. The van der Waals surface area contributed by atoms with E-state index in [-0.39, 0.29) is 25.0 Å². The van der Waals surface area contributed by atoms with Gasteiger partial charge >= 0.3 is 18.9 Å². The second kappa shape index (κ2) is 5.57. The van der Waals surface area contributed by atoms with E-state index in [1.54, 1.807) is 0 Å². The van der Waals surface area contributed by atoms with E-state index in [1.165, 1.54) is 0 Å². The van der Waals surface area contributed by atoms with Crippen molar-refractivity contribution >= 4 is 16.5 Å². The molecule has 0 aliphatic rings. The van der Waals surface area contributed by atoms with E-state index >= 15 is 0 Å². The normalized spacial score (nSPS) is 11.5. The number of rotatable bonds is 2. The van der Waals surface area contributed by atoms with Crippen molar-refractivity contribution in [3.05, 3.63) is 6.15 Å². The van der Waals surface area contributed by atoms with E-state index in [0.717, 1.165) is 0 Å². The van der Waals surface area contributed by atoms with Crippen LogP contribution in [0.25, 0.3) is 6.15 Å². The van der Waals surface area contributed by atoms with Crippen LogP contribution in [0.4, 0.5) is 0 Å². The van der Waals surface area contributed by atoms with Crippen LogP contribution < -0.4 is 23.5 Å². The summed E-state index contributed by atoms with van der Waals surface area (Å²) in [6, 6.07) is 0. The monoisotopic (exact) mass is 184 g/mol. The zero-order valence-electron chi connectivity index (χ0n) is 9.08. The van der Waals surface area contributed by atoms with Crippen LogP contribution >= 0.6 is 0 Å². The third-order valence-corrected chi connectivity index (χ3v) is 6.75. The van der Waals surface area contributed by atoms with Gasteiger partial charge in [-0.15, -0.1) is 0 Å². The Morgan fingerprint density at radius 1 is 0.727 bits per heavy atom. The van der Waals surface area contributed by atoms with Crippen LogP contribution in [-0.2, 0) is 0 Å². The van der Waals surface area contributed by atoms with Crippen molar-refractivity contribution in [1.29, 1.82) is 0 Å². The zero-order chi connectivity index (χ0) is 7.71. The molecule has 0 heterocycles. The van der Waals surface area contributed by atoms with Crippen LogP contribution in [0.3, 0.4) is 0 Å². The fourth-order valence-corrected chi connectivity index (χ4v) is 10.1. The minimum Gasteiger partial charge on any atom is -0.693 e. The predicted molar refractivity (Wildman–Crippen MR) is 55.1 cm³/mol. The molecule has 0 fully saturated rings. The van der Waals surface area contributed by atoms with Gasteiger partial charge in [-0.3, -0.25) is 0 Å². The fourth-order valence-electron chi connectivity index (χ4n) is 1.12. The van der Waals surface area contributed by atoms with Crippen LogP contribution in [0.2, 0.25) is 39.3 Å². The van der Waals surface area contributed by atoms with E-state index in [9.17, 15) is 0 Å². The molecule has 11 heavy (non-hydrogen) atoms. The molecule has 5 heteroatoms. The minimum absolute atomic E-state index is 0. The molecule has 0 aromatic heterocycles. The maximum atomic E-state index is 3.74. The van der Waals surface area contributed by atoms with Gasteiger partial charge in [0.25, 0.3) is 0 Å². The van der Waals surface area contributed by atoms with Crippen LogP contribution in [-0.4, -0.2) is 16.5 Å². The third kappa shape index (κ3) is 18.2. The molecule has 0 aromatic carbocycles. The van der Waals surface area contributed by atoms with E-state index in [0.29, 0.717) is 0 Å². The molecule has 0 aromatic rings. The van der Waals surface area contributed by atoms with Crippen LogP contribution in [0, 0.1) is 0 Å². The van der Waals surface area contributed by atoms with Gasteiger partial charge in [-0.05, 0) is 0 Å². The Labute approximate surface area is 85.5 Å². The summed E-state index contributed by atoms with van der Waals surface area (Å²) >= 11 is 0. The van der Waals surface area contributed by atoms with Crippen molar-refractivity contribution < 1.29 is 18.9 Å². The second-order valence-corrected chi connectivity index (χ2v) is 14.6. The first-order valence-electron chi connectivity index (χ1n) is 3.50. The average Bonchev–Trinajstić information content (AvgIpc) is 1.14. The molecule has 3 N–H and O–H groups in total. The molecule has 0 bridgehead atoms. The Balaban J connectivity index is -0.000000320. The predicted octanol–water partition coefficient (Wildman–Crippen LogP) is -0.0331. The SMILES string of the molecule is C[Si](C)(C)N[Si](C)(C)C.[Li+].[NH2-]. The van der Waals surface area contributed by atoms with Crippen molar-refractivity contribution in [2.75, 3.05) is 0 Å². The first-order valence-corrected chi connectivity index (χ1v) is 10.5. The Bertz CT molecular complexity index is 83.7. The Morgan fingerprint density at radius 3 is 0.909 bits per heavy atom. The molecule has 0 saturated heterocycles. The summed E-state index contributed by atoms with van der Waals surface area (Å²) in [6.07, 6.45) is 0. The third-order valence-electron chi connectivity index (χ3n) is 0.750. The molecule has 0 saturated carbocycles. The molecule has 0 aliphatic heterocycles. The molecule has 0 aliphatic carbocycles. The summed E-state index contributed by atoms with van der Waals surface area (Å²) in [5.74, 6) is 0. The Kier molecular flexibility index (Phi) is 9.06. The van der Waals surface area contributed by atoms with Crippen molar-refractivity contribution in [2.24, 2.45) is 0 Å². The summed E-state index contributed by atoms with van der Waals surface area (Å²) in [5, 5.41) is 0. The zero-order valence-corrected chi connectivity index (χ0v) is 11.1. The van der Waals surface area contributed by atoms with E-state index in [4.69, 9.17) is 0 Å². The van der Waals surface area contributed by atoms with Crippen molar-refractivity contribution in [1.82, 2.24) is 4.65 Å². The Hall–Kier alpha value is 0.951. The molecule has 0 amide bonds. The summed E-state index contributed by atoms with van der Waals surface area (Å²) in [5.41, 5.74) is 0. The van der Waals surface area contributed by atoms with Gasteiger partial charge in [0.1, 0.15) is 16.5 Å². The molecular formula is C6H21LiN2Si2. The second-order valence-electron chi connectivity index (χ2n) is 4.62. The summed E-state index contributed by atoms with van der Waals surface area (Å²) in [7, 11) is -1.96. The Morgan fingerprint density at radius 2 is 0.909 bits per heavy atom. The maximum Gasteiger partial charge on any atom is 1.00 e. The average molecular weight is 184 g/mol. The molecule has 0 atom stereocenters. The van der Waals surface area contributed by atoms with Gasteiger partial charge in [0.15, 0.2) is 0 Å². The topological polar surface area (TPSA) is 45.5 Å². The van der Waals surface area contributed by atoms with Gasteiger partial charge in [0, 0.05) is 0 Å². The molecule has 0 rings (SSSR count). The smallest absolute Gasteiger partial charge is 0.693 e. The summed E-state index contributed by atoms with van der Waals surface area (Å²) < 4.78 is 3.74. The van der Waals surface area contributed by atoms with Gasteiger partial charge < -0.3 is 10.8 Å². The quantitative estimate of drug-likeness (QED) is 0.602. The molecule has 2 nitrogen and oxygen atoms in total. The standard InChI is InChI=1S/C6H19NSi2.Li.H2N/c1-8(2,3)7-9(4,5)6;;/h7H,1-6H3;;1H2/q;+1;-1. The van der Waals surface area contributed by atoms with Crippen molar-refractivity contribution in [2.45, 2.75) is 39.3 Å². The van der Waals surface area contributed by atoms with Crippen LogP contribution in [0.1, 0.15) is 0 Å². The van der Waals surface area contributed by atoms with Crippen LogP contribution in [0.15, 0.2) is 0 Å². The number of hydrogen-bond acceptors (Lipinski definition) is 1.